The van der Waals surface area contributed by atoms with Crippen LogP contribution in [-0.4, -0.2) is 26.7 Å². The van der Waals surface area contributed by atoms with E-state index in [9.17, 15) is 0 Å². The maximum atomic E-state index is 9.11. The summed E-state index contributed by atoms with van der Waals surface area (Å²) < 4.78 is 1.74. The smallest absolute Gasteiger partial charge is 0.0854 e. The number of nitrogens with zero attached hydrogens (tertiary/aromatic N) is 3. The van der Waals surface area contributed by atoms with E-state index in [1.54, 1.807) is 4.68 Å². The lowest BCUT2D eigenvalue weighted by Crippen LogP contribution is -2.00. The predicted molar refractivity (Wildman–Crippen MR) is 126 cm³/mol. The molecule has 0 aliphatic carbocycles. The van der Waals surface area contributed by atoms with Crippen LogP contribution in [0.2, 0.25) is 0 Å². The van der Waals surface area contributed by atoms with Gasteiger partial charge in [-0.15, -0.1) is 5.10 Å². The number of hydrogen-bond donors (Lipinski definition) is 2. The average Bonchev–Trinajstić information content (AvgIpc) is 3.23. The van der Waals surface area contributed by atoms with E-state index in [4.69, 9.17) is 5.11 Å². The summed E-state index contributed by atoms with van der Waals surface area (Å²) in [5, 5.41) is 20.9. The number of aryl methyl sites for hydroxylation is 2. The Morgan fingerprint density at radius 2 is 1.74 bits per heavy atom. The van der Waals surface area contributed by atoms with Crippen LogP contribution in [0.1, 0.15) is 27.9 Å². The monoisotopic (exact) mass is 410 g/mol. The highest BCUT2D eigenvalue weighted by Crippen LogP contribution is 2.30. The first-order valence-electron chi connectivity index (χ1n) is 10.3. The van der Waals surface area contributed by atoms with Gasteiger partial charge in [-0.05, 0) is 78.1 Å². The van der Waals surface area contributed by atoms with Crippen LogP contribution < -0.4 is 5.32 Å². The van der Waals surface area contributed by atoms with Crippen LogP contribution in [0.15, 0.2) is 79.5 Å². The Kier molecular flexibility index (Phi) is 5.96. The van der Waals surface area contributed by atoms with E-state index in [0.717, 1.165) is 50.6 Å². The van der Waals surface area contributed by atoms with Gasteiger partial charge in [0.25, 0.3) is 0 Å². The maximum absolute atomic E-state index is 9.11. The Bertz CT molecular complexity index is 1210. The number of aromatic nitrogens is 3. The first-order chi connectivity index (χ1) is 15.0. The van der Waals surface area contributed by atoms with Crippen molar-refractivity contribution in [1.82, 2.24) is 15.0 Å². The van der Waals surface area contributed by atoms with Crippen LogP contribution in [0.25, 0.3) is 11.3 Å². The van der Waals surface area contributed by atoms with Gasteiger partial charge < -0.3 is 10.4 Å². The Hall–Kier alpha value is -3.70. The van der Waals surface area contributed by atoms with Crippen molar-refractivity contribution in [2.75, 3.05) is 11.9 Å². The van der Waals surface area contributed by atoms with Crippen molar-refractivity contribution in [1.29, 1.82) is 0 Å². The van der Waals surface area contributed by atoms with E-state index < -0.39 is 0 Å². The van der Waals surface area contributed by atoms with E-state index >= 15 is 0 Å². The third-order valence-electron chi connectivity index (χ3n) is 5.33. The Morgan fingerprint density at radius 1 is 0.935 bits per heavy atom. The van der Waals surface area contributed by atoms with Crippen molar-refractivity contribution >= 4 is 16.9 Å². The molecule has 0 saturated carbocycles. The molecule has 4 aromatic rings. The second-order valence-corrected chi connectivity index (χ2v) is 7.63. The van der Waals surface area contributed by atoms with E-state index in [0.29, 0.717) is 6.42 Å². The van der Waals surface area contributed by atoms with Crippen molar-refractivity contribution in [2.24, 2.45) is 0 Å². The van der Waals surface area contributed by atoms with Gasteiger partial charge in [-0.2, -0.15) is 0 Å². The molecule has 0 atom stereocenters. The Morgan fingerprint density at radius 3 is 2.48 bits per heavy atom. The third kappa shape index (κ3) is 4.57. The number of nitrogens with one attached hydrogen (secondary N) is 1. The maximum Gasteiger partial charge on any atom is 0.0854 e. The molecule has 5 heteroatoms. The molecule has 0 bridgehead atoms. The van der Waals surface area contributed by atoms with Crippen molar-refractivity contribution in [3.8, 4) is 5.69 Å². The van der Waals surface area contributed by atoms with Crippen LogP contribution in [0.4, 0.5) is 11.4 Å². The lowest BCUT2D eigenvalue weighted by molar-refractivity contribution is 0.298. The molecule has 5 nitrogen and oxygen atoms in total. The minimum absolute atomic E-state index is 0.0586. The van der Waals surface area contributed by atoms with Crippen LogP contribution in [0, 0.1) is 13.8 Å². The van der Waals surface area contributed by atoms with Crippen molar-refractivity contribution in [3.63, 3.8) is 0 Å². The summed E-state index contributed by atoms with van der Waals surface area (Å²) in [6.07, 6.45) is 2.34. The molecule has 0 amide bonds. The summed E-state index contributed by atoms with van der Waals surface area (Å²) in [4.78, 5) is 0. The normalized spacial score (nSPS) is 10.8. The molecule has 2 N–H and O–H groups in total. The topological polar surface area (TPSA) is 63.0 Å². The Labute approximate surface area is 182 Å². The lowest BCUT2D eigenvalue weighted by Gasteiger charge is -2.15. The van der Waals surface area contributed by atoms with Crippen LogP contribution in [0.5, 0.6) is 0 Å². The van der Waals surface area contributed by atoms with Crippen LogP contribution in [-0.2, 0) is 6.42 Å². The summed E-state index contributed by atoms with van der Waals surface area (Å²) in [6, 6.07) is 22.7. The highest BCUT2D eigenvalue weighted by Gasteiger charge is 2.12. The third-order valence-corrected chi connectivity index (χ3v) is 5.33. The first-order valence-corrected chi connectivity index (χ1v) is 10.3. The van der Waals surface area contributed by atoms with E-state index in [2.05, 4.69) is 66.4 Å². The number of hydrogen-bond acceptors (Lipinski definition) is 4. The SMILES string of the molecule is C=C(c1ccc(Nc2ccccc2)cc1C)c1cc(-n2cc(CCO)nn2)ccc1C. The number of aliphatic hydroxyl groups is 1. The number of aliphatic hydroxyl groups excluding tert-OH is 1. The van der Waals surface area contributed by atoms with Gasteiger partial charge in [-0.1, -0.05) is 42.1 Å². The minimum Gasteiger partial charge on any atom is -0.396 e. The number of anilines is 2. The highest BCUT2D eigenvalue weighted by molar-refractivity contribution is 5.83. The molecule has 0 aliphatic rings. The molecule has 31 heavy (non-hydrogen) atoms. The molecule has 4 rings (SSSR count). The number of rotatable bonds is 7. The van der Waals surface area contributed by atoms with Crippen molar-refractivity contribution in [2.45, 2.75) is 20.3 Å². The van der Waals surface area contributed by atoms with Crippen LogP contribution in [0.3, 0.4) is 0 Å². The second kappa shape index (κ2) is 8.98. The molecule has 1 heterocycles. The first kappa shape index (κ1) is 20.6. The Balaban J connectivity index is 1.61. The molecule has 0 spiro atoms. The zero-order valence-electron chi connectivity index (χ0n) is 17.8. The zero-order valence-corrected chi connectivity index (χ0v) is 17.8. The van der Waals surface area contributed by atoms with Gasteiger partial charge in [0.1, 0.15) is 0 Å². The van der Waals surface area contributed by atoms with Gasteiger partial charge in [0.05, 0.1) is 17.6 Å². The summed E-state index contributed by atoms with van der Waals surface area (Å²) in [5.74, 6) is 0. The number of benzene rings is 3. The lowest BCUT2D eigenvalue weighted by atomic mass is 9.92. The van der Waals surface area contributed by atoms with Gasteiger partial charge in [-0.25, -0.2) is 4.68 Å². The molecule has 0 aliphatic heterocycles. The van der Waals surface area contributed by atoms with Gasteiger partial charge in [0, 0.05) is 24.4 Å². The molecule has 156 valence electrons. The molecule has 0 radical (unpaired) electrons. The largest absolute Gasteiger partial charge is 0.396 e. The fourth-order valence-corrected chi connectivity index (χ4v) is 3.64. The highest BCUT2D eigenvalue weighted by atomic mass is 16.3. The molecule has 0 fully saturated rings. The summed E-state index contributed by atoms with van der Waals surface area (Å²) in [6.45, 7) is 8.65. The minimum atomic E-state index is 0.0586. The van der Waals surface area contributed by atoms with E-state index in [1.165, 1.54) is 0 Å². The fraction of sp³-hybridized carbons (Fsp3) is 0.154. The van der Waals surface area contributed by atoms with E-state index in [-0.39, 0.29) is 6.61 Å². The van der Waals surface area contributed by atoms with E-state index in [1.807, 2.05) is 42.6 Å². The summed E-state index contributed by atoms with van der Waals surface area (Å²) in [7, 11) is 0. The summed E-state index contributed by atoms with van der Waals surface area (Å²) >= 11 is 0. The predicted octanol–water partition coefficient (Wildman–Crippen LogP) is 5.22. The zero-order chi connectivity index (χ0) is 21.8. The molecule has 3 aromatic carbocycles. The average molecular weight is 411 g/mol. The molecular formula is C26H26N4O. The second-order valence-electron chi connectivity index (χ2n) is 7.63. The molecular weight excluding hydrogens is 384 g/mol. The number of para-hydroxylation sites is 1. The van der Waals surface area contributed by atoms with Gasteiger partial charge in [0.2, 0.25) is 0 Å². The van der Waals surface area contributed by atoms with Gasteiger partial charge >= 0.3 is 0 Å². The molecule has 0 unspecified atom stereocenters. The quantitative estimate of drug-likeness (QED) is 0.438. The van der Waals surface area contributed by atoms with Crippen LogP contribution >= 0.6 is 0 Å². The van der Waals surface area contributed by atoms with Crippen molar-refractivity contribution < 1.29 is 5.11 Å². The molecule has 1 aromatic heterocycles. The standard InChI is InChI=1S/C26H26N4O/c1-18-9-11-24(30-17-23(13-14-31)28-29-30)16-26(18)20(3)25-12-10-22(15-19(25)2)27-21-7-5-4-6-8-21/h4-12,15-17,27,31H,3,13-14H2,1-2H3. The van der Waals surface area contributed by atoms with Gasteiger partial charge in [0.15, 0.2) is 0 Å². The fourth-order valence-electron chi connectivity index (χ4n) is 3.64. The van der Waals surface area contributed by atoms with Gasteiger partial charge in [-0.3, -0.25) is 0 Å². The summed E-state index contributed by atoms with van der Waals surface area (Å²) in [5.41, 5.74) is 9.24. The molecule has 0 saturated heterocycles. The van der Waals surface area contributed by atoms with Crippen molar-refractivity contribution in [3.05, 3.63) is 107 Å².